The number of sulfonamides is 1. The third-order valence-corrected chi connectivity index (χ3v) is 7.57. The number of aromatic nitrogens is 3. The fourth-order valence-corrected chi connectivity index (χ4v) is 5.40. The maximum atomic E-state index is 13.9. The van der Waals surface area contributed by atoms with Gasteiger partial charge in [-0.1, -0.05) is 6.07 Å². The van der Waals surface area contributed by atoms with E-state index in [1.165, 1.54) is 39.6 Å². The number of aromatic amines is 1. The van der Waals surface area contributed by atoms with Gasteiger partial charge in [-0.3, -0.25) is 9.78 Å². The smallest absolute Gasteiger partial charge is 0.416 e. The van der Waals surface area contributed by atoms with Crippen molar-refractivity contribution in [3.63, 3.8) is 0 Å². The van der Waals surface area contributed by atoms with Crippen LogP contribution in [-0.2, 0) is 20.9 Å². The molecule has 9 nitrogen and oxygen atoms in total. The molecular weight excluding hydrogens is 525 g/mol. The average Bonchev–Trinajstić information content (AvgIpc) is 3.34. The first-order valence-corrected chi connectivity index (χ1v) is 12.5. The first-order valence-electron chi connectivity index (χ1n) is 11.1. The number of anilines is 1. The highest BCUT2D eigenvalue weighted by molar-refractivity contribution is 7.92. The molecule has 0 radical (unpaired) electrons. The Morgan fingerprint density at radius 1 is 1.08 bits per heavy atom. The van der Waals surface area contributed by atoms with E-state index in [2.05, 4.69) is 15.0 Å². The van der Waals surface area contributed by atoms with Crippen LogP contribution in [0.25, 0.3) is 11.0 Å². The predicted molar refractivity (Wildman–Crippen MR) is 133 cm³/mol. The number of methoxy groups -OCH3 is 2. The van der Waals surface area contributed by atoms with Crippen LogP contribution in [0.2, 0.25) is 0 Å². The Balaban J connectivity index is 1.93. The van der Waals surface area contributed by atoms with Gasteiger partial charge in [0.1, 0.15) is 23.8 Å². The van der Waals surface area contributed by atoms with Crippen LogP contribution >= 0.6 is 0 Å². The van der Waals surface area contributed by atoms with Gasteiger partial charge in [0.15, 0.2) is 0 Å². The molecule has 38 heavy (non-hydrogen) atoms. The Kier molecular flexibility index (Phi) is 7.17. The molecule has 4 aromatic rings. The van der Waals surface area contributed by atoms with Gasteiger partial charge in [-0.15, -0.1) is 0 Å². The third kappa shape index (κ3) is 4.82. The lowest BCUT2D eigenvalue weighted by Gasteiger charge is -2.26. The number of pyridine rings is 2. The molecule has 1 N–H and O–H groups in total. The Labute approximate surface area is 216 Å². The maximum absolute atomic E-state index is 13.9. The van der Waals surface area contributed by atoms with Crippen LogP contribution < -0.4 is 9.04 Å². The molecule has 0 spiro atoms. The summed E-state index contributed by atoms with van der Waals surface area (Å²) in [5, 5.41) is 0.414. The van der Waals surface area contributed by atoms with Gasteiger partial charge in [-0.05, 0) is 49.2 Å². The number of H-pyrrole nitrogens is 1. The van der Waals surface area contributed by atoms with Gasteiger partial charge in [0, 0.05) is 24.9 Å². The molecule has 0 fully saturated rings. The van der Waals surface area contributed by atoms with Gasteiger partial charge in [0.05, 0.1) is 35.0 Å². The lowest BCUT2D eigenvalue weighted by atomic mass is 10.0. The number of nitrogens with one attached hydrogen (secondary N) is 1. The van der Waals surface area contributed by atoms with Crippen molar-refractivity contribution in [2.45, 2.75) is 24.9 Å². The number of ether oxygens (including phenoxy) is 2. The number of nitrogens with zero attached hydrogens (tertiary/aromatic N) is 3. The van der Waals surface area contributed by atoms with Gasteiger partial charge in [0.25, 0.3) is 10.0 Å². The minimum atomic E-state index is -4.77. The first-order chi connectivity index (χ1) is 17.9. The van der Waals surface area contributed by atoms with E-state index in [-0.39, 0.29) is 28.3 Å². The van der Waals surface area contributed by atoms with Gasteiger partial charge in [-0.25, -0.2) is 17.7 Å². The molecule has 3 aromatic heterocycles. The van der Waals surface area contributed by atoms with Gasteiger partial charge in [0.2, 0.25) is 5.78 Å². The van der Waals surface area contributed by atoms with Crippen LogP contribution in [0.5, 0.6) is 5.75 Å². The highest BCUT2D eigenvalue weighted by atomic mass is 32.2. The van der Waals surface area contributed by atoms with Crippen LogP contribution in [0.1, 0.15) is 32.7 Å². The molecule has 1 aromatic carbocycles. The number of fused-ring (bicyclic) bond motifs is 1. The van der Waals surface area contributed by atoms with E-state index in [4.69, 9.17) is 9.47 Å². The average molecular weight is 549 g/mol. The van der Waals surface area contributed by atoms with Crippen LogP contribution in [-0.4, -0.2) is 50.1 Å². The molecule has 13 heteroatoms. The Bertz CT molecular complexity index is 1630. The Morgan fingerprint density at radius 2 is 1.82 bits per heavy atom. The molecule has 0 aliphatic heterocycles. The maximum Gasteiger partial charge on any atom is 0.416 e. The van der Waals surface area contributed by atoms with E-state index in [1.807, 2.05) is 0 Å². The molecule has 200 valence electrons. The molecular formula is C25H23F3N4O5S. The molecule has 0 aliphatic rings. The van der Waals surface area contributed by atoms with Crippen molar-refractivity contribution in [3.05, 3.63) is 76.9 Å². The van der Waals surface area contributed by atoms with Crippen LogP contribution in [0.3, 0.4) is 0 Å². The van der Waals surface area contributed by atoms with E-state index < -0.39 is 39.2 Å². The number of alkyl halides is 3. The van der Waals surface area contributed by atoms with Crippen LogP contribution in [0.4, 0.5) is 18.9 Å². The SMILES string of the molecule is COCN(c1cc(C)cnc1C(=O)c1c(OC)cnc2[nH]ccc12)S(=O)(=O)c1ccc(C)c(C(F)(F)F)c1. The van der Waals surface area contributed by atoms with Crippen molar-refractivity contribution >= 4 is 32.5 Å². The normalized spacial score (nSPS) is 12.1. The van der Waals surface area contributed by atoms with E-state index in [9.17, 15) is 26.4 Å². The van der Waals surface area contributed by atoms with E-state index >= 15 is 0 Å². The van der Waals surface area contributed by atoms with Gasteiger partial charge >= 0.3 is 6.18 Å². The van der Waals surface area contributed by atoms with Gasteiger partial charge in [-0.2, -0.15) is 13.2 Å². The van der Waals surface area contributed by atoms with Crippen molar-refractivity contribution in [2.75, 3.05) is 25.3 Å². The summed E-state index contributed by atoms with van der Waals surface area (Å²) in [6.07, 6.45) is -0.471. The van der Waals surface area contributed by atoms with Crippen LogP contribution in [0, 0.1) is 13.8 Å². The lowest BCUT2D eigenvalue weighted by molar-refractivity contribution is -0.138. The monoisotopic (exact) mass is 548 g/mol. The summed E-state index contributed by atoms with van der Waals surface area (Å²) in [5.41, 5.74) is -0.695. The zero-order chi connectivity index (χ0) is 27.8. The molecule has 4 rings (SSSR count). The second-order valence-corrected chi connectivity index (χ2v) is 10.3. The topological polar surface area (TPSA) is 114 Å². The van der Waals surface area contributed by atoms with E-state index in [0.29, 0.717) is 27.0 Å². The summed E-state index contributed by atoms with van der Waals surface area (Å²) in [6.45, 7) is 2.26. The molecule has 0 saturated heterocycles. The van der Waals surface area contributed by atoms with E-state index in [0.717, 1.165) is 12.1 Å². The Morgan fingerprint density at radius 3 is 2.47 bits per heavy atom. The number of aryl methyl sites for hydroxylation is 2. The number of hydrogen-bond acceptors (Lipinski definition) is 7. The van der Waals surface area contributed by atoms with E-state index in [1.54, 1.807) is 19.2 Å². The molecule has 0 unspecified atom stereocenters. The second kappa shape index (κ2) is 10.1. The number of halogens is 3. The van der Waals surface area contributed by atoms with Crippen molar-refractivity contribution in [2.24, 2.45) is 0 Å². The Hall–Kier alpha value is -3.97. The van der Waals surface area contributed by atoms with Crippen LogP contribution in [0.15, 0.2) is 53.8 Å². The molecule has 0 bridgehead atoms. The summed E-state index contributed by atoms with van der Waals surface area (Å²) in [4.78, 5) is 24.6. The second-order valence-electron chi connectivity index (χ2n) is 8.40. The standard InChI is InChI=1S/C25H23F3N4O5S/c1-14-9-19(22(30-11-14)23(33)21-17-7-8-29-24(17)31-12-20(21)37-4)32(13-36-3)38(34,35)16-6-5-15(2)18(10-16)25(26,27)28/h5-12H,13H2,1-4H3,(H,29,31). The fraction of sp³-hybridized carbons (Fsp3) is 0.240. The quantitative estimate of drug-likeness (QED) is 0.252. The molecule has 0 atom stereocenters. The fourth-order valence-electron chi connectivity index (χ4n) is 4.00. The minimum absolute atomic E-state index is 0.0841. The third-order valence-electron chi connectivity index (χ3n) is 5.84. The van der Waals surface area contributed by atoms with Crippen molar-refractivity contribution in [3.8, 4) is 5.75 Å². The number of ketones is 1. The number of benzene rings is 1. The highest BCUT2D eigenvalue weighted by Gasteiger charge is 2.36. The number of rotatable bonds is 8. The molecule has 3 heterocycles. The summed E-state index contributed by atoms with van der Waals surface area (Å²) in [6, 6.07) is 5.72. The minimum Gasteiger partial charge on any atom is -0.494 e. The zero-order valence-corrected chi connectivity index (χ0v) is 21.6. The number of carbonyl (C=O) groups is 1. The zero-order valence-electron chi connectivity index (χ0n) is 20.8. The largest absolute Gasteiger partial charge is 0.494 e. The molecule has 0 amide bonds. The highest BCUT2D eigenvalue weighted by Crippen LogP contribution is 2.36. The number of hydrogen-bond donors (Lipinski definition) is 1. The first kappa shape index (κ1) is 27.1. The predicted octanol–water partition coefficient (Wildman–Crippen LogP) is 4.63. The van der Waals surface area contributed by atoms with Gasteiger partial charge < -0.3 is 14.5 Å². The summed E-state index contributed by atoms with van der Waals surface area (Å²) >= 11 is 0. The summed E-state index contributed by atoms with van der Waals surface area (Å²) < 4.78 is 79.3. The molecule has 0 saturated carbocycles. The molecule has 0 aliphatic carbocycles. The lowest BCUT2D eigenvalue weighted by Crippen LogP contribution is -2.34. The number of carbonyl (C=O) groups excluding carboxylic acids is 1. The summed E-state index contributed by atoms with van der Waals surface area (Å²) in [5.74, 6) is -0.551. The van der Waals surface area contributed by atoms with Crippen molar-refractivity contribution in [1.29, 1.82) is 0 Å². The van der Waals surface area contributed by atoms with Crippen molar-refractivity contribution < 1.29 is 35.9 Å². The van der Waals surface area contributed by atoms with Crippen molar-refractivity contribution in [1.82, 2.24) is 15.0 Å². The summed E-state index contributed by atoms with van der Waals surface area (Å²) in [7, 11) is -2.08.